The Kier molecular flexibility index (Phi) is 4.96. The summed E-state index contributed by atoms with van der Waals surface area (Å²) in [5, 5.41) is 2.59. The Labute approximate surface area is 140 Å². The summed E-state index contributed by atoms with van der Waals surface area (Å²) in [4.78, 5) is 16.7. The first-order valence-corrected chi connectivity index (χ1v) is 8.95. The van der Waals surface area contributed by atoms with E-state index in [0.717, 1.165) is 35.6 Å². The number of benzene rings is 1. The molecule has 0 radical (unpaired) electrons. The molecule has 1 aromatic heterocycles. The summed E-state index contributed by atoms with van der Waals surface area (Å²) >= 11 is 1.46. The number of nitrogens with zero attached hydrogens (tertiary/aromatic N) is 1. The third-order valence-corrected chi connectivity index (χ3v) is 5.06. The van der Waals surface area contributed by atoms with Gasteiger partial charge >= 0.3 is 5.97 Å². The van der Waals surface area contributed by atoms with Crippen molar-refractivity contribution < 1.29 is 14.3 Å². The highest BCUT2D eigenvalue weighted by atomic mass is 32.1. The third-order valence-electron chi connectivity index (χ3n) is 4.17. The van der Waals surface area contributed by atoms with Crippen molar-refractivity contribution >= 4 is 17.3 Å². The van der Waals surface area contributed by atoms with E-state index in [4.69, 9.17) is 9.47 Å². The summed E-state index contributed by atoms with van der Waals surface area (Å²) in [7, 11) is 0. The molecule has 1 aliphatic rings. The maximum absolute atomic E-state index is 12.2. The number of rotatable bonds is 5. The molecule has 0 aliphatic heterocycles. The fourth-order valence-corrected chi connectivity index (χ4v) is 3.64. The average Bonchev–Trinajstić information content (AvgIpc) is 3.18. The molecule has 2 atom stereocenters. The Morgan fingerprint density at radius 2 is 2.09 bits per heavy atom. The maximum atomic E-state index is 12.2. The average molecular weight is 331 g/mol. The predicted octanol–water partition coefficient (Wildman–Crippen LogP) is 4.55. The van der Waals surface area contributed by atoms with Crippen LogP contribution >= 0.6 is 11.3 Å². The van der Waals surface area contributed by atoms with Crippen molar-refractivity contribution in [1.82, 2.24) is 4.98 Å². The zero-order chi connectivity index (χ0) is 16.2. The van der Waals surface area contributed by atoms with Gasteiger partial charge in [0.05, 0.1) is 6.61 Å². The zero-order valence-corrected chi connectivity index (χ0v) is 14.3. The lowest BCUT2D eigenvalue weighted by Crippen LogP contribution is -2.20. The van der Waals surface area contributed by atoms with E-state index in [9.17, 15) is 4.79 Å². The number of carbonyl (C=O) groups is 1. The standard InChI is InChI=1S/C18H21NO3S/c1-3-21-14-9-7-13(8-10-14)17-19-15(11-23-17)18(20)22-16-6-4-5-12(16)2/h7-12,16H,3-6H2,1-2H3/t12-,16+/m1/s1. The highest BCUT2D eigenvalue weighted by Gasteiger charge is 2.28. The van der Waals surface area contributed by atoms with Crippen LogP contribution in [0.15, 0.2) is 29.6 Å². The second-order valence-corrected chi connectivity index (χ2v) is 6.71. The summed E-state index contributed by atoms with van der Waals surface area (Å²) in [5.74, 6) is 0.975. The van der Waals surface area contributed by atoms with E-state index in [1.54, 1.807) is 5.38 Å². The van der Waals surface area contributed by atoms with Gasteiger partial charge in [0, 0.05) is 10.9 Å². The van der Waals surface area contributed by atoms with Crippen molar-refractivity contribution in [3.05, 3.63) is 35.3 Å². The van der Waals surface area contributed by atoms with Gasteiger partial charge in [0.1, 0.15) is 16.9 Å². The smallest absolute Gasteiger partial charge is 0.358 e. The number of hydrogen-bond donors (Lipinski definition) is 0. The molecular formula is C18H21NO3S. The third kappa shape index (κ3) is 3.72. The number of carbonyl (C=O) groups excluding carboxylic acids is 1. The molecule has 4 nitrogen and oxygen atoms in total. The Bertz CT molecular complexity index is 665. The zero-order valence-electron chi connectivity index (χ0n) is 13.5. The number of ether oxygens (including phenoxy) is 2. The molecule has 122 valence electrons. The lowest BCUT2D eigenvalue weighted by Gasteiger charge is -2.15. The van der Waals surface area contributed by atoms with Crippen LogP contribution in [-0.4, -0.2) is 23.7 Å². The topological polar surface area (TPSA) is 48.4 Å². The van der Waals surface area contributed by atoms with E-state index in [2.05, 4.69) is 11.9 Å². The molecule has 0 N–H and O–H groups in total. The minimum absolute atomic E-state index is 0.0399. The van der Waals surface area contributed by atoms with Crippen molar-refractivity contribution in [2.24, 2.45) is 5.92 Å². The normalized spacial score (nSPS) is 20.4. The van der Waals surface area contributed by atoms with E-state index >= 15 is 0 Å². The summed E-state index contributed by atoms with van der Waals surface area (Å²) in [6.07, 6.45) is 3.26. The van der Waals surface area contributed by atoms with Crippen LogP contribution in [-0.2, 0) is 4.74 Å². The number of hydrogen-bond acceptors (Lipinski definition) is 5. The van der Waals surface area contributed by atoms with Crippen molar-refractivity contribution in [3.8, 4) is 16.3 Å². The first kappa shape index (κ1) is 16.0. The van der Waals surface area contributed by atoms with Gasteiger partial charge in [-0.15, -0.1) is 11.3 Å². The van der Waals surface area contributed by atoms with E-state index in [0.29, 0.717) is 18.2 Å². The molecule has 3 rings (SSSR count). The molecule has 0 unspecified atom stereocenters. The fraction of sp³-hybridized carbons (Fsp3) is 0.444. The molecule has 2 aromatic rings. The lowest BCUT2D eigenvalue weighted by molar-refractivity contribution is 0.0221. The van der Waals surface area contributed by atoms with Gasteiger partial charge in [-0.25, -0.2) is 9.78 Å². The van der Waals surface area contributed by atoms with Crippen LogP contribution in [0.25, 0.3) is 10.6 Å². The highest BCUT2D eigenvalue weighted by molar-refractivity contribution is 7.13. The SMILES string of the molecule is CCOc1ccc(-c2nc(C(=O)O[C@H]3CCC[C@H]3C)cs2)cc1. The molecule has 5 heteroatoms. The van der Waals surface area contributed by atoms with Gasteiger partial charge in [-0.2, -0.15) is 0 Å². The van der Waals surface area contributed by atoms with Crippen molar-refractivity contribution in [1.29, 1.82) is 0 Å². The van der Waals surface area contributed by atoms with Crippen molar-refractivity contribution in [3.63, 3.8) is 0 Å². The molecule has 1 saturated carbocycles. The molecule has 1 aliphatic carbocycles. The van der Waals surface area contributed by atoms with Gasteiger partial charge in [0.15, 0.2) is 5.69 Å². The summed E-state index contributed by atoms with van der Waals surface area (Å²) in [5.41, 5.74) is 1.38. The highest BCUT2D eigenvalue weighted by Crippen LogP contribution is 2.30. The largest absolute Gasteiger partial charge is 0.494 e. The van der Waals surface area contributed by atoms with Crippen LogP contribution in [0, 0.1) is 5.92 Å². The van der Waals surface area contributed by atoms with Gasteiger partial charge in [0.25, 0.3) is 0 Å². The summed E-state index contributed by atoms with van der Waals surface area (Å²) in [6.45, 7) is 4.74. The van der Waals surface area contributed by atoms with Crippen molar-refractivity contribution in [2.75, 3.05) is 6.61 Å². The minimum Gasteiger partial charge on any atom is -0.494 e. The molecule has 0 amide bonds. The Balaban J connectivity index is 1.68. The van der Waals surface area contributed by atoms with Gasteiger partial charge < -0.3 is 9.47 Å². The molecule has 1 heterocycles. The monoisotopic (exact) mass is 331 g/mol. The number of thiazole rings is 1. The molecule has 1 fully saturated rings. The van der Waals surface area contributed by atoms with E-state index in [1.807, 2.05) is 31.2 Å². The Morgan fingerprint density at radius 3 is 2.74 bits per heavy atom. The predicted molar refractivity (Wildman–Crippen MR) is 90.9 cm³/mol. The van der Waals surface area contributed by atoms with E-state index < -0.39 is 0 Å². The lowest BCUT2D eigenvalue weighted by atomic mass is 10.1. The molecule has 0 spiro atoms. The molecule has 1 aromatic carbocycles. The van der Waals surface area contributed by atoms with E-state index in [-0.39, 0.29) is 12.1 Å². The second-order valence-electron chi connectivity index (χ2n) is 5.85. The minimum atomic E-state index is -0.308. The van der Waals surface area contributed by atoms with Crippen molar-refractivity contribution in [2.45, 2.75) is 39.2 Å². The Hall–Kier alpha value is -1.88. The fourth-order valence-electron chi connectivity index (χ4n) is 2.84. The summed E-state index contributed by atoms with van der Waals surface area (Å²) in [6, 6.07) is 7.74. The Morgan fingerprint density at radius 1 is 1.30 bits per heavy atom. The van der Waals surface area contributed by atoms with Crippen LogP contribution in [0.1, 0.15) is 43.6 Å². The molecule has 0 saturated heterocycles. The first-order chi connectivity index (χ1) is 11.2. The second kappa shape index (κ2) is 7.13. The van der Waals surface area contributed by atoms with Crippen LogP contribution in [0.3, 0.4) is 0 Å². The molecule has 0 bridgehead atoms. The van der Waals surface area contributed by atoms with Gasteiger partial charge in [-0.3, -0.25) is 0 Å². The van der Waals surface area contributed by atoms with Crippen LogP contribution < -0.4 is 4.74 Å². The van der Waals surface area contributed by atoms with Crippen LogP contribution in [0.5, 0.6) is 5.75 Å². The molecular weight excluding hydrogens is 310 g/mol. The van der Waals surface area contributed by atoms with Gasteiger partial charge in [0.2, 0.25) is 0 Å². The van der Waals surface area contributed by atoms with Gasteiger partial charge in [-0.1, -0.05) is 6.92 Å². The van der Waals surface area contributed by atoms with E-state index in [1.165, 1.54) is 11.3 Å². The van der Waals surface area contributed by atoms with Gasteiger partial charge in [-0.05, 0) is 56.4 Å². The molecule has 23 heavy (non-hydrogen) atoms. The quantitative estimate of drug-likeness (QED) is 0.754. The van der Waals surface area contributed by atoms with Crippen LogP contribution in [0.4, 0.5) is 0 Å². The summed E-state index contributed by atoms with van der Waals surface area (Å²) < 4.78 is 11.0. The first-order valence-electron chi connectivity index (χ1n) is 8.07. The number of esters is 1. The van der Waals surface area contributed by atoms with Crippen LogP contribution in [0.2, 0.25) is 0 Å². The maximum Gasteiger partial charge on any atom is 0.358 e. The number of aromatic nitrogens is 1.